The van der Waals surface area contributed by atoms with Gasteiger partial charge in [-0.1, -0.05) is 194 Å². The molecule has 0 atom stereocenters. The molecule has 0 radical (unpaired) electrons. The Bertz CT molecular complexity index is 3480. The van der Waals surface area contributed by atoms with Gasteiger partial charge in [-0.15, -0.1) is 0 Å². The van der Waals surface area contributed by atoms with Crippen LogP contribution >= 0.6 is 0 Å². The molecule has 0 saturated heterocycles. The molecule has 4 nitrogen and oxygen atoms in total. The van der Waals surface area contributed by atoms with Gasteiger partial charge in [-0.3, -0.25) is 0 Å². The summed E-state index contributed by atoms with van der Waals surface area (Å²) in [6, 6.07) is 81.2. The van der Waals surface area contributed by atoms with E-state index in [0.29, 0.717) is 11.6 Å². The molecule has 0 aliphatic carbocycles. The van der Waals surface area contributed by atoms with Crippen molar-refractivity contribution in [1.29, 1.82) is 0 Å². The van der Waals surface area contributed by atoms with E-state index in [1.165, 1.54) is 32.7 Å². The Hall–Kier alpha value is -8.60. The lowest BCUT2D eigenvalue weighted by molar-refractivity contribution is 1.23. The Kier molecular flexibility index (Phi) is 9.12. The third-order valence-electron chi connectivity index (χ3n) is 12.3. The van der Waals surface area contributed by atoms with E-state index in [1.54, 1.807) is 0 Å². The quantitative estimate of drug-likeness (QED) is 0.161. The summed E-state index contributed by atoms with van der Waals surface area (Å²) in [6.45, 7) is 0. The van der Waals surface area contributed by atoms with Crippen LogP contribution in [-0.4, -0.2) is 19.9 Å². The first-order valence-electron chi connectivity index (χ1n) is 21.6. The van der Waals surface area contributed by atoms with Crippen molar-refractivity contribution in [2.75, 3.05) is 0 Å². The van der Waals surface area contributed by atoms with Crippen LogP contribution < -0.4 is 0 Å². The first kappa shape index (κ1) is 37.2. The number of benzene rings is 10. The van der Waals surface area contributed by atoms with E-state index in [2.05, 4.69) is 218 Å². The molecule has 64 heavy (non-hydrogen) atoms. The Labute approximate surface area is 370 Å². The maximum Gasteiger partial charge on any atom is 0.160 e. The predicted molar refractivity (Wildman–Crippen MR) is 266 cm³/mol. The van der Waals surface area contributed by atoms with Crippen LogP contribution in [0.4, 0.5) is 0 Å². The molecule has 12 aromatic rings. The van der Waals surface area contributed by atoms with E-state index < -0.39 is 0 Å². The van der Waals surface area contributed by atoms with Gasteiger partial charge in [0.15, 0.2) is 11.6 Å². The topological polar surface area (TPSA) is 51.6 Å². The first-order chi connectivity index (χ1) is 31.7. The van der Waals surface area contributed by atoms with Crippen LogP contribution in [0.3, 0.4) is 0 Å². The summed E-state index contributed by atoms with van der Waals surface area (Å²) in [7, 11) is 0. The van der Waals surface area contributed by atoms with E-state index in [-0.39, 0.29) is 0 Å². The highest BCUT2D eigenvalue weighted by molar-refractivity contribution is 5.97. The molecule has 0 aliphatic rings. The fourth-order valence-electron chi connectivity index (χ4n) is 8.90. The van der Waals surface area contributed by atoms with Crippen molar-refractivity contribution in [2.45, 2.75) is 0 Å². The van der Waals surface area contributed by atoms with Crippen molar-refractivity contribution >= 4 is 43.4 Å². The summed E-state index contributed by atoms with van der Waals surface area (Å²) < 4.78 is 0. The molecular weight excluding hydrogens is 777 g/mol. The van der Waals surface area contributed by atoms with Gasteiger partial charge in [0.2, 0.25) is 0 Å². The van der Waals surface area contributed by atoms with Gasteiger partial charge >= 0.3 is 0 Å². The second-order valence-electron chi connectivity index (χ2n) is 16.3. The highest BCUT2D eigenvalue weighted by Crippen LogP contribution is 2.36. The molecule has 12 rings (SSSR count). The highest BCUT2D eigenvalue weighted by Gasteiger charge is 2.16. The number of hydrogen-bond acceptors (Lipinski definition) is 4. The second kappa shape index (κ2) is 15.7. The standard InChI is InChI=1S/C60H38N4/c1-3-13-45-35-49(33-27-39(45)11-1)41-23-29-43(30-24-41)59-61-55-21-7-5-19-53(55)57(63-59)51-17-9-15-47(37-51)48-16-10-18-52(38-48)58-54-20-6-8-22-56(54)62-60(64-58)44-31-25-42(26-32-44)50-34-28-40-12-2-4-14-46(40)36-50/h1-38H. The van der Waals surface area contributed by atoms with Gasteiger partial charge in [-0.05, 0) is 91.3 Å². The predicted octanol–water partition coefficient (Wildman–Crippen LogP) is 15.5. The van der Waals surface area contributed by atoms with Gasteiger partial charge in [0.05, 0.1) is 22.4 Å². The van der Waals surface area contributed by atoms with Crippen LogP contribution in [0.2, 0.25) is 0 Å². The number of nitrogens with zero attached hydrogens (tertiary/aromatic N) is 4. The number of hydrogen-bond donors (Lipinski definition) is 0. The maximum atomic E-state index is 5.26. The maximum absolute atomic E-state index is 5.26. The van der Waals surface area contributed by atoms with Gasteiger partial charge in [-0.25, -0.2) is 19.9 Å². The summed E-state index contributed by atoms with van der Waals surface area (Å²) in [4.78, 5) is 20.6. The zero-order valence-electron chi connectivity index (χ0n) is 34.7. The summed E-state index contributed by atoms with van der Waals surface area (Å²) in [5, 5.41) is 6.95. The normalized spacial score (nSPS) is 11.4. The molecular formula is C60H38N4. The summed E-state index contributed by atoms with van der Waals surface area (Å²) >= 11 is 0. The molecule has 0 aliphatic heterocycles. The lowest BCUT2D eigenvalue weighted by Gasteiger charge is -2.13. The molecule has 0 fully saturated rings. The van der Waals surface area contributed by atoms with Gasteiger partial charge in [-0.2, -0.15) is 0 Å². The van der Waals surface area contributed by atoms with Crippen molar-refractivity contribution < 1.29 is 0 Å². The van der Waals surface area contributed by atoms with Crippen LogP contribution in [0.15, 0.2) is 231 Å². The zero-order valence-corrected chi connectivity index (χ0v) is 34.7. The van der Waals surface area contributed by atoms with Crippen LogP contribution in [0.25, 0.3) is 122 Å². The van der Waals surface area contributed by atoms with Gasteiger partial charge in [0.25, 0.3) is 0 Å². The average Bonchev–Trinajstić information content (AvgIpc) is 3.38. The van der Waals surface area contributed by atoms with Crippen LogP contribution in [-0.2, 0) is 0 Å². The largest absolute Gasteiger partial charge is 0.228 e. The number of para-hydroxylation sites is 2. The van der Waals surface area contributed by atoms with E-state index in [4.69, 9.17) is 19.9 Å². The Morgan fingerprint density at radius 1 is 0.203 bits per heavy atom. The monoisotopic (exact) mass is 814 g/mol. The minimum atomic E-state index is 0.695. The van der Waals surface area contributed by atoms with Gasteiger partial charge in [0, 0.05) is 33.0 Å². The molecule has 0 unspecified atom stereocenters. The lowest BCUT2D eigenvalue weighted by atomic mass is 9.96. The van der Waals surface area contributed by atoms with Crippen molar-refractivity contribution in [2.24, 2.45) is 0 Å². The van der Waals surface area contributed by atoms with Crippen molar-refractivity contribution in [3.05, 3.63) is 231 Å². The number of aromatic nitrogens is 4. The second-order valence-corrected chi connectivity index (χ2v) is 16.3. The molecule has 0 N–H and O–H groups in total. The number of fused-ring (bicyclic) bond motifs is 4. The Balaban J connectivity index is 0.882. The molecule has 10 aromatic carbocycles. The molecule has 2 aromatic heterocycles. The Morgan fingerprint density at radius 3 is 1.00 bits per heavy atom. The molecule has 4 heteroatoms. The van der Waals surface area contributed by atoms with Gasteiger partial charge in [0.1, 0.15) is 0 Å². The third-order valence-corrected chi connectivity index (χ3v) is 12.3. The lowest BCUT2D eigenvalue weighted by Crippen LogP contribution is -1.96. The summed E-state index contributed by atoms with van der Waals surface area (Å²) in [5.41, 5.74) is 14.5. The molecule has 298 valence electrons. The first-order valence-corrected chi connectivity index (χ1v) is 21.6. The van der Waals surface area contributed by atoms with E-state index in [0.717, 1.165) is 77.7 Å². The van der Waals surface area contributed by atoms with Crippen LogP contribution in [0, 0.1) is 0 Å². The van der Waals surface area contributed by atoms with E-state index in [1.807, 2.05) is 12.1 Å². The summed E-state index contributed by atoms with van der Waals surface area (Å²) in [6.07, 6.45) is 0. The fourth-order valence-corrected chi connectivity index (χ4v) is 8.90. The molecule has 0 bridgehead atoms. The van der Waals surface area contributed by atoms with Crippen molar-refractivity contribution in [1.82, 2.24) is 19.9 Å². The fraction of sp³-hybridized carbons (Fsp3) is 0. The zero-order chi connectivity index (χ0) is 42.4. The highest BCUT2D eigenvalue weighted by atomic mass is 14.9. The molecule has 0 saturated carbocycles. The SMILES string of the molecule is c1cc(-c2cccc(-c3nc(-c4ccc(-c5ccc6ccccc6c5)cc4)nc4ccccc34)c2)cc(-c2nc(-c3ccc(-c4ccc5ccccc5c4)cc3)nc3ccccc23)c1. The van der Waals surface area contributed by atoms with E-state index in [9.17, 15) is 0 Å². The molecule has 2 heterocycles. The van der Waals surface area contributed by atoms with Crippen LogP contribution in [0.1, 0.15) is 0 Å². The molecule has 0 amide bonds. The third kappa shape index (κ3) is 6.94. The van der Waals surface area contributed by atoms with Gasteiger partial charge < -0.3 is 0 Å². The van der Waals surface area contributed by atoms with E-state index >= 15 is 0 Å². The van der Waals surface area contributed by atoms with Crippen LogP contribution in [0.5, 0.6) is 0 Å². The average molecular weight is 815 g/mol. The smallest absolute Gasteiger partial charge is 0.160 e. The minimum absolute atomic E-state index is 0.695. The van der Waals surface area contributed by atoms with Crippen molar-refractivity contribution in [3.8, 4) is 78.7 Å². The number of rotatable bonds is 7. The minimum Gasteiger partial charge on any atom is -0.228 e. The Morgan fingerprint density at radius 2 is 0.547 bits per heavy atom. The summed E-state index contributed by atoms with van der Waals surface area (Å²) in [5.74, 6) is 1.39. The van der Waals surface area contributed by atoms with Crippen molar-refractivity contribution in [3.63, 3.8) is 0 Å². The molecule has 0 spiro atoms.